The Bertz CT molecular complexity index is 520. The van der Waals surface area contributed by atoms with E-state index in [4.69, 9.17) is 11.6 Å². The summed E-state index contributed by atoms with van der Waals surface area (Å²) in [6, 6.07) is 4.13. The maximum absolute atomic E-state index is 12.3. The molecule has 0 unspecified atom stereocenters. The van der Waals surface area contributed by atoms with E-state index in [2.05, 4.69) is 0 Å². The lowest BCUT2D eigenvalue weighted by molar-refractivity contribution is -0.385. The lowest BCUT2D eigenvalue weighted by atomic mass is 10.1. The van der Waals surface area contributed by atoms with Crippen LogP contribution in [-0.2, 0) is 0 Å². The van der Waals surface area contributed by atoms with E-state index in [1.54, 1.807) is 0 Å². The summed E-state index contributed by atoms with van der Waals surface area (Å²) < 4.78 is 0. The maximum Gasteiger partial charge on any atom is 0.283 e. The smallest absolute Gasteiger partial charge is 0.283 e. The van der Waals surface area contributed by atoms with Crippen LogP contribution in [0.4, 0.5) is 5.69 Å². The molecule has 1 aliphatic rings. The maximum atomic E-state index is 12.3. The molecule has 0 aliphatic carbocycles. The molecule has 1 aliphatic heterocycles. The van der Waals surface area contributed by atoms with Gasteiger partial charge >= 0.3 is 0 Å². The van der Waals surface area contributed by atoms with Crippen LogP contribution >= 0.6 is 11.6 Å². The minimum absolute atomic E-state index is 0.0549. The number of carbonyl (C=O) groups excluding carboxylic acids is 1. The Hall–Kier alpha value is -1.66. The Balaban J connectivity index is 2.35. The number of hydrogen-bond acceptors (Lipinski definition) is 4. The summed E-state index contributed by atoms with van der Waals surface area (Å²) in [5, 5.41) is 20.6. The Kier molecular flexibility index (Phi) is 4.01. The Morgan fingerprint density at radius 3 is 2.89 bits per heavy atom. The zero-order valence-electron chi connectivity index (χ0n) is 10.1. The molecule has 1 atom stereocenters. The van der Waals surface area contributed by atoms with Crippen LogP contribution in [0.3, 0.4) is 0 Å². The van der Waals surface area contributed by atoms with Crippen molar-refractivity contribution in [2.24, 2.45) is 0 Å². The first kappa shape index (κ1) is 13.8. The first-order valence-corrected chi connectivity index (χ1v) is 6.28. The molecule has 1 heterocycles. The Morgan fingerprint density at radius 2 is 2.26 bits per heavy atom. The van der Waals surface area contributed by atoms with Crippen LogP contribution in [0.1, 0.15) is 23.2 Å². The van der Waals surface area contributed by atoms with E-state index in [1.165, 1.54) is 23.1 Å². The zero-order chi connectivity index (χ0) is 14.0. The molecular weight excluding hydrogens is 272 g/mol. The SMILES string of the molecule is O=C(c1c(Cl)cccc1[N+](=O)[O-])N1CCC[C@H](O)C1. The molecular formula is C12H13ClN2O4. The van der Waals surface area contributed by atoms with Crippen molar-refractivity contribution in [2.75, 3.05) is 13.1 Å². The van der Waals surface area contributed by atoms with Gasteiger partial charge in [-0.2, -0.15) is 0 Å². The van der Waals surface area contributed by atoms with Gasteiger partial charge in [-0.05, 0) is 18.9 Å². The standard InChI is InChI=1S/C12H13ClN2O4/c13-9-4-1-5-10(15(18)19)11(9)12(17)14-6-2-3-8(16)7-14/h1,4-5,8,16H,2-3,6-7H2/t8-/m0/s1. The first-order valence-electron chi connectivity index (χ1n) is 5.91. The van der Waals surface area contributed by atoms with E-state index in [0.717, 1.165) is 0 Å². The van der Waals surface area contributed by atoms with Crippen molar-refractivity contribution in [2.45, 2.75) is 18.9 Å². The number of aliphatic hydroxyl groups is 1. The third-order valence-electron chi connectivity index (χ3n) is 3.09. The molecule has 2 rings (SSSR count). The van der Waals surface area contributed by atoms with Gasteiger partial charge in [-0.1, -0.05) is 17.7 Å². The van der Waals surface area contributed by atoms with Crippen molar-refractivity contribution in [3.63, 3.8) is 0 Å². The largest absolute Gasteiger partial charge is 0.391 e. The molecule has 0 bridgehead atoms. The summed E-state index contributed by atoms with van der Waals surface area (Å²) in [6.07, 6.45) is 0.721. The Labute approximate surface area is 114 Å². The molecule has 6 nitrogen and oxygen atoms in total. The topological polar surface area (TPSA) is 83.7 Å². The number of aliphatic hydroxyl groups excluding tert-OH is 1. The third kappa shape index (κ3) is 2.85. The van der Waals surface area contributed by atoms with Gasteiger partial charge < -0.3 is 10.0 Å². The molecule has 1 N–H and O–H groups in total. The predicted octanol–water partition coefficient (Wildman–Crippen LogP) is 1.85. The third-order valence-corrected chi connectivity index (χ3v) is 3.40. The molecule has 0 saturated carbocycles. The summed E-state index contributed by atoms with van der Waals surface area (Å²) >= 11 is 5.91. The number of benzene rings is 1. The van der Waals surface area contributed by atoms with Crippen molar-refractivity contribution in [3.05, 3.63) is 38.9 Å². The number of carbonyl (C=O) groups is 1. The molecule has 7 heteroatoms. The highest BCUT2D eigenvalue weighted by Crippen LogP contribution is 2.28. The number of nitrogens with zero attached hydrogens (tertiary/aromatic N) is 2. The highest BCUT2D eigenvalue weighted by molar-refractivity contribution is 6.34. The molecule has 0 radical (unpaired) electrons. The number of rotatable bonds is 2. The van der Waals surface area contributed by atoms with Gasteiger partial charge in [-0.25, -0.2) is 0 Å². The highest BCUT2D eigenvalue weighted by atomic mass is 35.5. The second kappa shape index (κ2) is 5.54. The summed E-state index contributed by atoms with van der Waals surface area (Å²) in [4.78, 5) is 24.0. The highest BCUT2D eigenvalue weighted by Gasteiger charge is 2.30. The number of nitro groups is 1. The minimum atomic E-state index is -0.626. The zero-order valence-corrected chi connectivity index (χ0v) is 10.8. The Morgan fingerprint density at radius 1 is 1.53 bits per heavy atom. The van der Waals surface area contributed by atoms with Gasteiger partial charge in [-0.15, -0.1) is 0 Å². The van der Waals surface area contributed by atoms with E-state index in [0.29, 0.717) is 19.4 Å². The van der Waals surface area contributed by atoms with Gasteiger partial charge in [0, 0.05) is 19.2 Å². The van der Waals surface area contributed by atoms with Gasteiger partial charge in [0.25, 0.3) is 11.6 Å². The molecule has 102 valence electrons. The van der Waals surface area contributed by atoms with Gasteiger partial charge in [0.05, 0.1) is 16.0 Å². The van der Waals surface area contributed by atoms with Crippen LogP contribution in [-0.4, -0.2) is 40.0 Å². The minimum Gasteiger partial charge on any atom is -0.391 e. The van der Waals surface area contributed by atoms with E-state index in [-0.39, 0.29) is 22.8 Å². The quantitative estimate of drug-likeness (QED) is 0.663. The number of piperidine rings is 1. The van der Waals surface area contributed by atoms with Gasteiger partial charge in [0.2, 0.25) is 0 Å². The molecule has 1 fully saturated rings. The first-order chi connectivity index (χ1) is 9.00. The van der Waals surface area contributed by atoms with Crippen LogP contribution in [0.15, 0.2) is 18.2 Å². The van der Waals surface area contributed by atoms with Gasteiger partial charge in [0.1, 0.15) is 5.56 Å². The number of hydrogen-bond donors (Lipinski definition) is 1. The fourth-order valence-electron chi connectivity index (χ4n) is 2.17. The summed E-state index contributed by atoms with van der Waals surface area (Å²) in [6.45, 7) is 0.652. The summed E-state index contributed by atoms with van der Waals surface area (Å²) in [5.41, 5.74) is -0.416. The molecule has 1 amide bonds. The fraction of sp³-hybridized carbons (Fsp3) is 0.417. The molecule has 0 aromatic heterocycles. The number of amides is 1. The number of likely N-dealkylation sites (tertiary alicyclic amines) is 1. The molecule has 0 spiro atoms. The van der Waals surface area contributed by atoms with Crippen molar-refractivity contribution in [3.8, 4) is 0 Å². The molecule has 1 aromatic rings. The summed E-state index contributed by atoms with van der Waals surface area (Å²) in [7, 11) is 0. The van der Waals surface area contributed by atoms with Crippen molar-refractivity contribution < 1.29 is 14.8 Å². The molecule has 1 aromatic carbocycles. The van der Waals surface area contributed by atoms with Crippen LogP contribution < -0.4 is 0 Å². The second-order valence-electron chi connectivity index (χ2n) is 4.44. The van der Waals surface area contributed by atoms with Gasteiger partial charge in [0.15, 0.2) is 0 Å². The molecule has 19 heavy (non-hydrogen) atoms. The lowest BCUT2D eigenvalue weighted by Crippen LogP contribution is -2.42. The van der Waals surface area contributed by atoms with Crippen molar-refractivity contribution >= 4 is 23.2 Å². The molecule has 1 saturated heterocycles. The van der Waals surface area contributed by atoms with Crippen molar-refractivity contribution in [1.82, 2.24) is 4.90 Å². The summed E-state index contributed by atoms with van der Waals surface area (Å²) in [5.74, 6) is -0.504. The number of nitro benzene ring substituents is 1. The average Bonchev–Trinajstić information content (AvgIpc) is 2.37. The lowest BCUT2D eigenvalue weighted by Gasteiger charge is -2.30. The monoisotopic (exact) mass is 284 g/mol. The predicted molar refractivity (Wildman–Crippen MR) is 69.3 cm³/mol. The van der Waals surface area contributed by atoms with Crippen molar-refractivity contribution in [1.29, 1.82) is 0 Å². The van der Waals surface area contributed by atoms with E-state index in [1.807, 2.05) is 0 Å². The number of β-amino-alcohol motifs (C(OH)–C–C–N with tert-alkyl or cyclic N) is 1. The normalized spacial score (nSPS) is 19.3. The fourth-order valence-corrected chi connectivity index (χ4v) is 2.42. The van der Waals surface area contributed by atoms with E-state index in [9.17, 15) is 20.0 Å². The van der Waals surface area contributed by atoms with Crippen LogP contribution in [0.5, 0.6) is 0 Å². The second-order valence-corrected chi connectivity index (χ2v) is 4.85. The van der Waals surface area contributed by atoms with E-state index >= 15 is 0 Å². The van der Waals surface area contributed by atoms with Gasteiger partial charge in [-0.3, -0.25) is 14.9 Å². The van der Waals surface area contributed by atoms with Crippen LogP contribution in [0.25, 0.3) is 0 Å². The number of halogens is 1. The van der Waals surface area contributed by atoms with E-state index < -0.39 is 16.9 Å². The van der Waals surface area contributed by atoms with Crippen LogP contribution in [0, 0.1) is 10.1 Å². The van der Waals surface area contributed by atoms with Crippen LogP contribution in [0.2, 0.25) is 5.02 Å². The average molecular weight is 285 g/mol.